The van der Waals surface area contributed by atoms with E-state index in [-0.39, 0.29) is 5.69 Å². The Bertz CT molecular complexity index is 634. The first-order valence-electron chi connectivity index (χ1n) is 6.08. The van der Waals surface area contributed by atoms with Gasteiger partial charge >= 0.3 is 6.18 Å². The van der Waals surface area contributed by atoms with Crippen LogP contribution in [0.3, 0.4) is 0 Å². The lowest BCUT2D eigenvalue weighted by molar-refractivity contribution is -0.137. The smallest absolute Gasteiger partial charge is 0.397 e. The molecule has 0 aliphatic rings. The summed E-state index contributed by atoms with van der Waals surface area (Å²) in [6, 6.07) is 9.14. The zero-order valence-corrected chi connectivity index (χ0v) is 11.2. The van der Waals surface area contributed by atoms with Crippen LogP contribution in [0.25, 0.3) is 0 Å². The third kappa shape index (κ3) is 3.04. The van der Waals surface area contributed by atoms with E-state index in [0.29, 0.717) is 5.69 Å². The first-order chi connectivity index (χ1) is 9.27. The van der Waals surface area contributed by atoms with Crippen molar-refractivity contribution in [3.05, 3.63) is 53.1 Å². The zero-order chi connectivity index (χ0) is 14.9. The van der Waals surface area contributed by atoms with Crippen LogP contribution in [-0.2, 0) is 6.18 Å². The number of alkyl halides is 3. The normalized spacial score (nSPS) is 11.4. The van der Waals surface area contributed by atoms with Crippen LogP contribution in [0.2, 0.25) is 0 Å². The van der Waals surface area contributed by atoms with E-state index >= 15 is 0 Å². The fourth-order valence-corrected chi connectivity index (χ4v) is 1.87. The van der Waals surface area contributed by atoms with Gasteiger partial charge in [0.2, 0.25) is 0 Å². The number of halogens is 3. The molecule has 3 N–H and O–H groups in total. The van der Waals surface area contributed by atoms with Crippen molar-refractivity contribution in [2.24, 2.45) is 0 Å². The second kappa shape index (κ2) is 5.07. The van der Waals surface area contributed by atoms with E-state index in [1.54, 1.807) is 0 Å². The van der Waals surface area contributed by atoms with Gasteiger partial charge in [0.15, 0.2) is 0 Å². The van der Waals surface area contributed by atoms with Crippen LogP contribution in [0.4, 0.5) is 30.2 Å². The summed E-state index contributed by atoms with van der Waals surface area (Å²) in [6.07, 6.45) is -4.38. The molecule has 0 bridgehead atoms. The van der Waals surface area contributed by atoms with Crippen molar-refractivity contribution in [1.82, 2.24) is 0 Å². The van der Waals surface area contributed by atoms with Crippen molar-refractivity contribution in [3.8, 4) is 0 Å². The molecule has 2 rings (SSSR count). The van der Waals surface area contributed by atoms with E-state index in [2.05, 4.69) is 5.32 Å². The lowest BCUT2D eigenvalue weighted by atomic mass is 10.1. The van der Waals surface area contributed by atoms with Crippen molar-refractivity contribution in [2.75, 3.05) is 11.1 Å². The van der Waals surface area contributed by atoms with E-state index in [1.807, 2.05) is 32.0 Å². The van der Waals surface area contributed by atoms with Crippen LogP contribution < -0.4 is 11.1 Å². The van der Waals surface area contributed by atoms with E-state index in [9.17, 15) is 13.2 Å². The number of nitrogens with two attached hydrogens (primary N) is 1. The first-order valence-corrected chi connectivity index (χ1v) is 6.08. The Morgan fingerprint density at radius 1 is 0.950 bits per heavy atom. The number of hydrogen-bond donors (Lipinski definition) is 2. The van der Waals surface area contributed by atoms with Crippen LogP contribution in [0, 0.1) is 13.8 Å². The Balaban J connectivity index is 2.33. The Kier molecular flexibility index (Phi) is 3.61. The second-order valence-electron chi connectivity index (χ2n) is 4.74. The maximum absolute atomic E-state index is 12.6. The summed E-state index contributed by atoms with van der Waals surface area (Å²) >= 11 is 0. The van der Waals surface area contributed by atoms with Crippen LogP contribution in [0.1, 0.15) is 16.7 Å². The largest absolute Gasteiger partial charge is 0.416 e. The number of benzene rings is 2. The molecule has 2 nitrogen and oxygen atoms in total. The van der Waals surface area contributed by atoms with Crippen LogP contribution in [0.15, 0.2) is 36.4 Å². The molecule has 0 heterocycles. The lowest BCUT2D eigenvalue weighted by Crippen LogP contribution is -2.07. The summed E-state index contributed by atoms with van der Waals surface area (Å²) in [5.41, 5.74) is 8.36. The maximum Gasteiger partial charge on any atom is 0.416 e. The van der Waals surface area contributed by atoms with Gasteiger partial charge in [-0.15, -0.1) is 0 Å². The van der Waals surface area contributed by atoms with Gasteiger partial charge in [0.05, 0.1) is 16.9 Å². The number of nitrogen functional groups attached to an aromatic ring is 1. The minimum absolute atomic E-state index is 0.0701. The van der Waals surface area contributed by atoms with Gasteiger partial charge in [-0.25, -0.2) is 0 Å². The average Bonchev–Trinajstić information content (AvgIpc) is 2.35. The molecule has 20 heavy (non-hydrogen) atoms. The summed E-state index contributed by atoms with van der Waals surface area (Å²) in [7, 11) is 0. The Labute approximate surface area is 115 Å². The van der Waals surface area contributed by atoms with Gasteiger partial charge in [-0.05, 0) is 49.2 Å². The van der Waals surface area contributed by atoms with Crippen molar-refractivity contribution in [1.29, 1.82) is 0 Å². The number of nitrogens with one attached hydrogen (secondary N) is 1. The molecule has 0 radical (unpaired) electrons. The highest BCUT2D eigenvalue weighted by Crippen LogP contribution is 2.34. The Morgan fingerprint density at radius 2 is 1.65 bits per heavy atom. The van der Waals surface area contributed by atoms with Gasteiger partial charge < -0.3 is 11.1 Å². The number of aryl methyl sites for hydroxylation is 2. The van der Waals surface area contributed by atoms with E-state index < -0.39 is 11.7 Å². The highest BCUT2D eigenvalue weighted by Gasteiger charge is 2.30. The van der Waals surface area contributed by atoms with Gasteiger partial charge in [-0.2, -0.15) is 13.2 Å². The van der Waals surface area contributed by atoms with E-state index in [0.717, 1.165) is 28.9 Å². The summed E-state index contributed by atoms with van der Waals surface area (Å²) in [5, 5.41) is 3.07. The van der Waals surface area contributed by atoms with E-state index in [4.69, 9.17) is 5.73 Å². The predicted octanol–water partition coefficient (Wildman–Crippen LogP) is 4.65. The van der Waals surface area contributed by atoms with Crippen molar-refractivity contribution >= 4 is 17.1 Å². The number of anilines is 3. The minimum atomic E-state index is -4.38. The fourth-order valence-electron chi connectivity index (χ4n) is 1.87. The highest BCUT2D eigenvalue weighted by atomic mass is 19.4. The molecule has 2 aromatic carbocycles. The fraction of sp³-hybridized carbons (Fsp3) is 0.200. The first kappa shape index (κ1) is 14.2. The van der Waals surface area contributed by atoms with Gasteiger partial charge in [-0.3, -0.25) is 0 Å². The van der Waals surface area contributed by atoms with Gasteiger partial charge in [-0.1, -0.05) is 12.1 Å². The Hall–Kier alpha value is -2.17. The highest BCUT2D eigenvalue weighted by molar-refractivity contribution is 5.74. The standard InChI is InChI=1S/C15H15F3N2/c1-9-3-4-10(2)14(7-9)20-13-6-5-11(8-12(13)19)15(16,17)18/h3-8,20H,19H2,1-2H3. The molecule has 0 saturated heterocycles. The van der Waals surface area contributed by atoms with Gasteiger partial charge in [0.1, 0.15) is 0 Å². The predicted molar refractivity (Wildman–Crippen MR) is 75.1 cm³/mol. The molecule has 0 unspecified atom stereocenters. The van der Waals surface area contributed by atoms with Crippen LogP contribution in [-0.4, -0.2) is 0 Å². The number of rotatable bonds is 2. The molecule has 0 amide bonds. The van der Waals surface area contributed by atoms with Crippen molar-refractivity contribution in [3.63, 3.8) is 0 Å². The molecule has 0 aliphatic carbocycles. The van der Waals surface area contributed by atoms with Crippen LogP contribution >= 0.6 is 0 Å². The van der Waals surface area contributed by atoms with Gasteiger partial charge in [0, 0.05) is 5.69 Å². The monoisotopic (exact) mass is 280 g/mol. The third-order valence-corrected chi connectivity index (χ3v) is 3.04. The summed E-state index contributed by atoms with van der Waals surface area (Å²) in [4.78, 5) is 0. The van der Waals surface area contributed by atoms with Gasteiger partial charge in [0.25, 0.3) is 0 Å². The van der Waals surface area contributed by atoms with Crippen molar-refractivity contribution < 1.29 is 13.2 Å². The molecular weight excluding hydrogens is 265 g/mol. The summed E-state index contributed by atoms with van der Waals surface area (Å²) < 4.78 is 37.7. The summed E-state index contributed by atoms with van der Waals surface area (Å²) in [6.45, 7) is 3.86. The molecule has 0 atom stereocenters. The van der Waals surface area contributed by atoms with E-state index in [1.165, 1.54) is 6.07 Å². The molecule has 106 valence electrons. The molecule has 0 saturated carbocycles. The zero-order valence-electron chi connectivity index (χ0n) is 11.2. The molecular formula is C15H15F3N2. The lowest BCUT2D eigenvalue weighted by Gasteiger charge is -2.14. The van der Waals surface area contributed by atoms with Crippen LogP contribution in [0.5, 0.6) is 0 Å². The molecule has 0 fully saturated rings. The quantitative estimate of drug-likeness (QED) is 0.786. The average molecular weight is 280 g/mol. The third-order valence-electron chi connectivity index (χ3n) is 3.04. The minimum Gasteiger partial charge on any atom is -0.397 e. The molecule has 2 aromatic rings. The molecule has 5 heteroatoms. The molecule has 0 aromatic heterocycles. The molecule has 0 spiro atoms. The van der Waals surface area contributed by atoms with Crippen molar-refractivity contribution in [2.45, 2.75) is 20.0 Å². The Morgan fingerprint density at radius 3 is 2.25 bits per heavy atom. The number of hydrogen-bond acceptors (Lipinski definition) is 2. The topological polar surface area (TPSA) is 38.0 Å². The summed E-state index contributed by atoms with van der Waals surface area (Å²) in [5.74, 6) is 0. The second-order valence-corrected chi connectivity index (χ2v) is 4.74. The molecule has 0 aliphatic heterocycles. The SMILES string of the molecule is Cc1ccc(C)c(Nc2ccc(C(F)(F)F)cc2N)c1. The maximum atomic E-state index is 12.6.